The van der Waals surface area contributed by atoms with E-state index in [1.165, 1.54) is 0 Å². The minimum atomic E-state index is -2.75. The van der Waals surface area contributed by atoms with Crippen LogP contribution in [0.3, 0.4) is 0 Å². The fourth-order valence-electron chi connectivity index (χ4n) is 2.01. The van der Waals surface area contributed by atoms with Crippen LogP contribution >= 0.6 is 0 Å². The molecule has 0 saturated carbocycles. The highest BCUT2D eigenvalue weighted by Gasteiger charge is 2.47. The molecule has 0 fully saturated rings. The van der Waals surface area contributed by atoms with Gasteiger partial charge in [-0.2, -0.15) is 0 Å². The van der Waals surface area contributed by atoms with Crippen molar-refractivity contribution in [3.63, 3.8) is 0 Å². The van der Waals surface area contributed by atoms with Gasteiger partial charge in [0.05, 0.1) is 5.67 Å². The highest BCUT2D eigenvalue weighted by molar-refractivity contribution is 6.62. The molecule has 1 unspecified atom stereocenters. The summed E-state index contributed by atoms with van der Waals surface area (Å²) in [5, 5.41) is 0. The smallest absolute Gasteiger partial charge is 0.373 e. The standard InChI is InChI=1S/C16H37NO3Si/c1-5-9-13-18-21(16(17)12-8-4,19-14-10-6-2)20-15-11-7-3/h16H,5-15,17H2,1-4H3. The molecule has 0 heterocycles. The number of rotatable bonds is 15. The summed E-state index contributed by atoms with van der Waals surface area (Å²) in [5.74, 6) is 0. The zero-order chi connectivity index (χ0) is 16.0. The Hall–Kier alpha value is 0.0569. The summed E-state index contributed by atoms with van der Waals surface area (Å²) in [6.45, 7) is 10.7. The van der Waals surface area contributed by atoms with Gasteiger partial charge in [-0.25, -0.2) is 0 Å². The summed E-state index contributed by atoms with van der Waals surface area (Å²) in [6, 6.07) is 0. The molecular formula is C16H37NO3Si. The molecule has 0 spiro atoms. The van der Waals surface area contributed by atoms with Crippen LogP contribution < -0.4 is 5.73 Å². The molecule has 128 valence electrons. The van der Waals surface area contributed by atoms with Crippen LogP contribution in [0.1, 0.15) is 79.1 Å². The van der Waals surface area contributed by atoms with Gasteiger partial charge in [-0.05, 0) is 25.7 Å². The molecule has 0 saturated heterocycles. The maximum atomic E-state index is 6.40. The molecule has 0 rings (SSSR count). The van der Waals surface area contributed by atoms with Crippen LogP contribution in [0, 0.1) is 0 Å². The molecule has 0 aromatic carbocycles. The van der Waals surface area contributed by atoms with E-state index >= 15 is 0 Å². The molecule has 0 amide bonds. The van der Waals surface area contributed by atoms with Crippen molar-refractivity contribution in [2.75, 3.05) is 19.8 Å². The molecule has 0 aromatic rings. The Morgan fingerprint density at radius 1 is 0.714 bits per heavy atom. The van der Waals surface area contributed by atoms with Crippen LogP contribution in [0.5, 0.6) is 0 Å². The lowest BCUT2D eigenvalue weighted by atomic mass is 10.3. The first-order valence-corrected chi connectivity index (χ1v) is 10.6. The van der Waals surface area contributed by atoms with Crippen molar-refractivity contribution in [2.45, 2.75) is 84.7 Å². The van der Waals surface area contributed by atoms with E-state index in [2.05, 4.69) is 27.7 Å². The van der Waals surface area contributed by atoms with Crippen LogP contribution in [0.15, 0.2) is 0 Å². The van der Waals surface area contributed by atoms with Gasteiger partial charge >= 0.3 is 8.80 Å². The normalized spacial score (nSPS) is 13.6. The Labute approximate surface area is 133 Å². The predicted molar refractivity (Wildman–Crippen MR) is 91.2 cm³/mol. The molecule has 21 heavy (non-hydrogen) atoms. The van der Waals surface area contributed by atoms with E-state index in [4.69, 9.17) is 19.0 Å². The van der Waals surface area contributed by atoms with Crippen LogP contribution in [0.4, 0.5) is 0 Å². The lowest BCUT2D eigenvalue weighted by Crippen LogP contribution is -2.60. The Morgan fingerprint density at radius 3 is 1.38 bits per heavy atom. The summed E-state index contributed by atoms with van der Waals surface area (Å²) in [6.07, 6.45) is 8.34. The molecular weight excluding hydrogens is 282 g/mol. The maximum Gasteiger partial charge on any atom is 0.518 e. The van der Waals surface area contributed by atoms with Crippen molar-refractivity contribution < 1.29 is 13.3 Å². The highest BCUT2D eigenvalue weighted by atomic mass is 28.4. The molecule has 4 nitrogen and oxygen atoms in total. The van der Waals surface area contributed by atoms with Crippen LogP contribution in [-0.4, -0.2) is 34.3 Å². The first-order valence-electron chi connectivity index (χ1n) is 8.84. The molecule has 2 N–H and O–H groups in total. The molecule has 0 bridgehead atoms. The number of unbranched alkanes of at least 4 members (excludes halogenated alkanes) is 3. The van der Waals surface area contributed by atoms with Crippen molar-refractivity contribution in [3.8, 4) is 0 Å². The summed E-state index contributed by atoms with van der Waals surface area (Å²) in [7, 11) is -2.75. The maximum absolute atomic E-state index is 6.40. The van der Waals surface area contributed by atoms with Crippen molar-refractivity contribution in [1.29, 1.82) is 0 Å². The van der Waals surface area contributed by atoms with Crippen molar-refractivity contribution in [2.24, 2.45) is 5.73 Å². The van der Waals surface area contributed by atoms with E-state index in [0.717, 1.165) is 51.4 Å². The van der Waals surface area contributed by atoms with Crippen LogP contribution in [0.25, 0.3) is 0 Å². The van der Waals surface area contributed by atoms with Gasteiger partial charge in [-0.15, -0.1) is 0 Å². The summed E-state index contributed by atoms with van der Waals surface area (Å²) < 4.78 is 18.4. The Morgan fingerprint density at radius 2 is 1.10 bits per heavy atom. The third-order valence-electron chi connectivity index (χ3n) is 3.46. The molecule has 0 radical (unpaired) electrons. The second-order valence-corrected chi connectivity index (χ2v) is 8.42. The average Bonchev–Trinajstić information content (AvgIpc) is 2.47. The summed E-state index contributed by atoms with van der Waals surface area (Å²) in [4.78, 5) is 0. The van der Waals surface area contributed by atoms with Gasteiger partial charge in [0, 0.05) is 19.8 Å². The third-order valence-corrected chi connectivity index (χ3v) is 6.47. The zero-order valence-electron chi connectivity index (χ0n) is 14.7. The topological polar surface area (TPSA) is 53.7 Å². The Bertz CT molecular complexity index is 203. The quantitative estimate of drug-likeness (QED) is 0.365. The lowest BCUT2D eigenvalue weighted by molar-refractivity contribution is 0.0469. The van der Waals surface area contributed by atoms with E-state index in [-0.39, 0.29) is 5.67 Å². The fraction of sp³-hybridized carbons (Fsp3) is 1.00. The number of hydrogen-bond donors (Lipinski definition) is 1. The minimum absolute atomic E-state index is 0.104. The molecule has 1 atom stereocenters. The van der Waals surface area contributed by atoms with E-state index in [0.29, 0.717) is 19.8 Å². The predicted octanol–water partition coefficient (Wildman–Crippen LogP) is 4.04. The second kappa shape index (κ2) is 13.7. The SMILES string of the molecule is CCCCO[Si](OCCCC)(OCCCC)C(N)CCC. The van der Waals surface area contributed by atoms with Crippen LogP contribution in [0.2, 0.25) is 0 Å². The molecule has 0 aliphatic rings. The van der Waals surface area contributed by atoms with E-state index in [9.17, 15) is 0 Å². The summed E-state index contributed by atoms with van der Waals surface area (Å²) in [5.41, 5.74) is 6.29. The molecule has 0 aromatic heterocycles. The number of hydrogen-bond acceptors (Lipinski definition) is 4. The summed E-state index contributed by atoms with van der Waals surface area (Å²) >= 11 is 0. The number of nitrogens with two attached hydrogens (primary N) is 1. The van der Waals surface area contributed by atoms with Crippen molar-refractivity contribution >= 4 is 8.80 Å². The van der Waals surface area contributed by atoms with Crippen molar-refractivity contribution in [1.82, 2.24) is 0 Å². The highest BCUT2D eigenvalue weighted by Crippen LogP contribution is 2.19. The van der Waals surface area contributed by atoms with E-state index in [1.807, 2.05) is 0 Å². The average molecular weight is 320 g/mol. The zero-order valence-corrected chi connectivity index (χ0v) is 15.7. The van der Waals surface area contributed by atoms with Gasteiger partial charge in [0.25, 0.3) is 0 Å². The Balaban J connectivity index is 4.77. The van der Waals surface area contributed by atoms with Gasteiger partial charge in [-0.3, -0.25) is 0 Å². The first-order chi connectivity index (χ1) is 10.2. The van der Waals surface area contributed by atoms with Crippen LogP contribution in [-0.2, 0) is 13.3 Å². The van der Waals surface area contributed by atoms with Gasteiger partial charge in [-0.1, -0.05) is 53.4 Å². The minimum Gasteiger partial charge on any atom is -0.373 e. The lowest BCUT2D eigenvalue weighted by Gasteiger charge is -2.34. The van der Waals surface area contributed by atoms with E-state index < -0.39 is 8.80 Å². The largest absolute Gasteiger partial charge is 0.518 e. The van der Waals surface area contributed by atoms with Crippen molar-refractivity contribution in [3.05, 3.63) is 0 Å². The van der Waals surface area contributed by atoms with Gasteiger partial charge in [0.15, 0.2) is 0 Å². The first kappa shape index (κ1) is 21.1. The molecule has 0 aliphatic carbocycles. The van der Waals surface area contributed by atoms with E-state index in [1.54, 1.807) is 0 Å². The Kier molecular flexibility index (Phi) is 13.7. The van der Waals surface area contributed by atoms with Gasteiger partial charge in [0.2, 0.25) is 0 Å². The van der Waals surface area contributed by atoms with Gasteiger partial charge < -0.3 is 19.0 Å². The fourth-order valence-corrected chi connectivity index (χ4v) is 4.83. The second-order valence-electron chi connectivity index (χ2n) is 5.60. The third kappa shape index (κ3) is 8.93. The molecule has 0 aliphatic heterocycles. The monoisotopic (exact) mass is 319 g/mol. The molecule has 5 heteroatoms. The van der Waals surface area contributed by atoms with Gasteiger partial charge in [0.1, 0.15) is 0 Å².